The zero-order chi connectivity index (χ0) is 33.5. The molecule has 0 aliphatic carbocycles. The molecule has 2 bridgehead atoms. The summed E-state index contributed by atoms with van der Waals surface area (Å²) in [6.45, 7) is 3.35. The predicted molar refractivity (Wildman–Crippen MR) is 185 cm³/mol. The van der Waals surface area contributed by atoms with E-state index in [2.05, 4.69) is 31.6 Å². The summed E-state index contributed by atoms with van der Waals surface area (Å²) in [5.41, 5.74) is 4.09. The summed E-state index contributed by atoms with van der Waals surface area (Å²) in [4.78, 5) is 61.3. The number of benzene rings is 2. The van der Waals surface area contributed by atoms with Gasteiger partial charge in [0.15, 0.2) is 11.5 Å². The topological polar surface area (TPSA) is 148 Å². The Morgan fingerprint density at radius 1 is 1.06 bits per heavy atom. The molecule has 7 rings (SSSR count). The lowest BCUT2D eigenvalue weighted by atomic mass is 9.69. The molecule has 5 heterocycles. The van der Waals surface area contributed by atoms with Crippen molar-refractivity contribution in [1.29, 1.82) is 0 Å². The molecule has 2 amide bonds. The molecule has 0 radical (unpaired) electrons. The van der Waals surface area contributed by atoms with Gasteiger partial charge in [0.2, 0.25) is 11.8 Å². The molecule has 2 aromatic carbocycles. The smallest absolute Gasteiger partial charge is 0.258 e. The number of piperidine rings is 1. The van der Waals surface area contributed by atoms with Crippen molar-refractivity contribution in [3.63, 3.8) is 0 Å². The van der Waals surface area contributed by atoms with Crippen LogP contribution in [0.15, 0.2) is 58.1 Å². The molecule has 1 unspecified atom stereocenters. The van der Waals surface area contributed by atoms with Crippen molar-refractivity contribution in [3.05, 3.63) is 86.3 Å². The zero-order valence-corrected chi connectivity index (χ0v) is 27.9. The Hall–Kier alpha value is -4.78. The number of aromatic nitrogens is 3. The Labute approximate surface area is 281 Å². The number of carbonyl (C=O) groups excluding carboxylic acids is 2. The van der Waals surface area contributed by atoms with Gasteiger partial charge >= 0.3 is 0 Å². The van der Waals surface area contributed by atoms with Crippen LogP contribution in [0, 0.1) is 11.8 Å². The highest BCUT2D eigenvalue weighted by Crippen LogP contribution is 2.48. The van der Waals surface area contributed by atoms with Crippen molar-refractivity contribution in [2.75, 3.05) is 43.3 Å². The number of anilines is 2. The molecular weight excluding hydrogens is 632 g/mol. The summed E-state index contributed by atoms with van der Waals surface area (Å²) in [5.74, 6) is 2.37. The largest absolute Gasteiger partial charge is 0.493 e. The number of amides is 2. The van der Waals surface area contributed by atoms with E-state index >= 15 is 0 Å². The first-order chi connectivity index (χ1) is 23.2. The van der Waals surface area contributed by atoms with Gasteiger partial charge < -0.3 is 34.6 Å². The molecule has 12 nitrogen and oxygen atoms in total. The predicted octanol–water partition coefficient (Wildman–Crippen LogP) is 3.27. The minimum atomic E-state index is -0.353. The normalized spacial score (nSPS) is 20.7. The summed E-state index contributed by atoms with van der Waals surface area (Å²) in [7, 11) is 3.05. The van der Waals surface area contributed by atoms with E-state index in [-0.39, 0.29) is 40.8 Å². The Morgan fingerprint density at radius 2 is 1.88 bits per heavy atom. The monoisotopic (exact) mass is 670 g/mol. The van der Waals surface area contributed by atoms with Gasteiger partial charge in [0.25, 0.3) is 11.1 Å². The number of methoxy groups -OCH3 is 2. The van der Waals surface area contributed by atoms with Gasteiger partial charge in [-0.05, 0) is 54.7 Å². The highest BCUT2D eigenvalue weighted by atomic mass is 32.2. The van der Waals surface area contributed by atoms with Gasteiger partial charge in [-0.2, -0.15) is 11.8 Å². The molecule has 3 aliphatic rings. The average Bonchev–Trinajstić information content (AvgIpc) is 3.07. The maximum Gasteiger partial charge on any atom is 0.258 e. The molecule has 3 N–H and O–H groups in total. The van der Waals surface area contributed by atoms with E-state index in [1.807, 2.05) is 28.8 Å². The van der Waals surface area contributed by atoms with Crippen LogP contribution in [-0.4, -0.2) is 65.5 Å². The highest BCUT2D eigenvalue weighted by molar-refractivity contribution is 7.98. The van der Waals surface area contributed by atoms with Crippen molar-refractivity contribution in [3.8, 4) is 11.5 Å². The minimum Gasteiger partial charge on any atom is -0.493 e. The van der Waals surface area contributed by atoms with Crippen LogP contribution in [0.3, 0.4) is 0 Å². The average molecular weight is 671 g/mol. The number of rotatable bonds is 9. The summed E-state index contributed by atoms with van der Waals surface area (Å²) >= 11 is 1.56. The molecule has 13 heteroatoms. The third-order valence-corrected chi connectivity index (χ3v) is 10.6. The first-order valence-electron chi connectivity index (χ1n) is 16.1. The summed E-state index contributed by atoms with van der Waals surface area (Å²) in [6, 6.07) is 14.6. The molecule has 4 aromatic rings. The Morgan fingerprint density at radius 3 is 2.67 bits per heavy atom. The van der Waals surface area contributed by atoms with Crippen molar-refractivity contribution in [2.24, 2.45) is 11.8 Å². The number of aromatic amines is 1. The van der Waals surface area contributed by atoms with E-state index in [1.165, 1.54) is 21.1 Å². The van der Waals surface area contributed by atoms with Gasteiger partial charge in [-0.3, -0.25) is 19.2 Å². The molecule has 4 atom stereocenters. The van der Waals surface area contributed by atoms with Crippen molar-refractivity contribution >= 4 is 45.9 Å². The first kappa shape index (κ1) is 31.8. The minimum absolute atomic E-state index is 0.00551. The number of hydrogen-bond donors (Lipinski definition) is 3. The van der Waals surface area contributed by atoms with Crippen LogP contribution in [0.25, 0.3) is 10.9 Å². The number of thioether (sulfide) groups is 1. The number of carbonyl (C=O) groups is 2. The molecular formula is C35H38N6O6S. The molecule has 48 heavy (non-hydrogen) atoms. The fraction of sp³-hybridized carbons (Fsp3) is 0.400. The number of fused-ring (bicyclic) bond motifs is 9. The van der Waals surface area contributed by atoms with Crippen LogP contribution in [0.1, 0.15) is 36.3 Å². The molecule has 0 spiro atoms. The van der Waals surface area contributed by atoms with Crippen LogP contribution in [0.5, 0.6) is 11.5 Å². The van der Waals surface area contributed by atoms with Crippen LogP contribution >= 0.6 is 11.8 Å². The molecule has 250 valence electrons. The first-order valence-corrected chi connectivity index (χ1v) is 17.3. The number of pyridine rings is 1. The van der Waals surface area contributed by atoms with Gasteiger partial charge in [-0.15, -0.1) is 0 Å². The number of hydrogen-bond acceptors (Lipinski definition) is 9. The molecule has 3 aliphatic heterocycles. The summed E-state index contributed by atoms with van der Waals surface area (Å²) < 4.78 is 12.6. The van der Waals surface area contributed by atoms with E-state index < -0.39 is 0 Å². The maximum absolute atomic E-state index is 14.0. The third kappa shape index (κ3) is 5.91. The molecule has 1 fully saturated rings. The quantitative estimate of drug-likeness (QED) is 0.228. The van der Waals surface area contributed by atoms with Crippen LogP contribution in [0.4, 0.5) is 11.4 Å². The van der Waals surface area contributed by atoms with Crippen LogP contribution < -0.4 is 36.1 Å². The van der Waals surface area contributed by atoms with Crippen molar-refractivity contribution in [1.82, 2.24) is 19.9 Å². The number of ether oxygens (including phenoxy) is 2. The maximum atomic E-state index is 14.0. The van der Waals surface area contributed by atoms with E-state index in [1.54, 1.807) is 30.0 Å². The second kappa shape index (κ2) is 13.0. The SMILES string of the molecule is COc1cc2nc(CSCCNC(=O)C3Cc4cc(NC(C)=O)ccc4N4C[C@H]5C[C@H](c6cccc(=O)n6C5)[C@H]34)[nH]c(=O)c2cc1OC. The zero-order valence-electron chi connectivity index (χ0n) is 27.1. The van der Waals surface area contributed by atoms with Gasteiger partial charge in [0.1, 0.15) is 5.82 Å². The standard InChI is InChI=1S/C35H38N6O6S/c1-19(42)37-22-7-8-27-21(12-22)13-25(33-24-11-20(17-41(27)33)16-40-28(24)5-4-6-32(40)43)34(44)36-9-10-48-18-31-38-26-15-30(47-3)29(46-2)14-23(26)35(45)39-31/h4-8,12,14-15,20,24-25,33H,9-11,13,16-18H2,1-3H3,(H,36,44)(H,37,42)(H,38,39,45)/t20-,24+,25?,33+/m0/s1. The fourth-order valence-electron chi connectivity index (χ4n) is 7.73. The van der Waals surface area contributed by atoms with Crippen LogP contribution in [-0.2, 0) is 28.3 Å². The second-order valence-electron chi connectivity index (χ2n) is 12.7. The Kier molecular flexibility index (Phi) is 8.63. The van der Waals surface area contributed by atoms with Gasteiger partial charge in [-0.1, -0.05) is 6.07 Å². The fourth-order valence-corrected chi connectivity index (χ4v) is 8.45. The Balaban J connectivity index is 1.08. The van der Waals surface area contributed by atoms with Gasteiger partial charge in [-0.25, -0.2) is 4.98 Å². The summed E-state index contributed by atoms with van der Waals surface area (Å²) in [6.07, 6.45) is 1.46. The number of H-pyrrole nitrogens is 1. The lowest BCUT2D eigenvalue weighted by Crippen LogP contribution is -2.60. The highest BCUT2D eigenvalue weighted by Gasteiger charge is 2.49. The summed E-state index contributed by atoms with van der Waals surface area (Å²) in [5, 5.41) is 6.47. The van der Waals surface area contributed by atoms with E-state index in [9.17, 15) is 19.2 Å². The van der Waals surface area contributed by atoms with E-state index in [0.717, 1.165) is 29.9 Å². The molecule has 1 saturated heterocycles. The van der Waals surface area contributed by atoms with Gasteiger partial charge in [0.05, 0.1) is 36.8 Å². The van der Waals surface area contributed by atoms with E-state index in [0.29, 0.717) is 70.8 Å². The van der Waals surface area contributed by atoms with E-state index in [4.69, 9.17) is 9.47 Å². The number of nitrogens with one attached hydrogen (secondary N) is 3. The lowest BCUT2D eigenvalue weighted by Gasteiger charge is -2.54. The Bertz CT molecular complexity index is 2030. The lowest BCUT2D eigenvalue weighted by molar-refractivity contribution is -0.126. The van der Waals surface area contributed by atoms with Crippen molar-refractivity contribution < 1.29 is 19.1 Å². The number of nitrogens with zero attached hydrogens (tertiary/aromatic N) is 3. The molecule has 2 aromatic heterocycles. The second-order valence-corrected chi connectivity index (χ2v) is 13.8. The third-order valence-electron chi connectivity index (χ3n) is 9.66. The van der Waals surface area contributed by atoms with Crippen molar-refractivity contribution in [2.45, 2.75) is 44.0 Å². The van der Waals surface area contributed by atoms with Crippen LogP contribution in [0.2, 0.25) is 0 Å². The van der Waals surface area contributed by atoms with Gasteiger partial charge in [0, 0.05) is 73.5 Å². The molecule has 0 saturated carbocycles.